The van der Waals surface area contributed by atoms with E-state index in [0.29, 0.717) is 12.5 Å². The Morgan fingerprint density at radius 1 is 1.42 bits per heavy atom. The molecule has 2 rings (SSSR count). The third kappa shape index (κ3) is 3.93. The zero-order chi connectivity index (χ0) is 13.8. The maximum Gasteiger partial charge on any atom is 0.319 e. The van der Waals surface area contributed by atoms with E-state index in [2.05, 4.69) is 4.90 Å². The summed E-state index contributed by atoms with van der Waals surface area (Å²) in [5, 5.41) is 0.732. The zero-order valence-electron chi connectivity index (χ0n) is 11.0. The third-order valence-electron chi connectivity index (χ3n) is 3.48. The minimum atomic E-state index is -0.219. The Hall–Kier alpha value is -1.10. The van der Waals surface area contributed by atoms with Crippen LogP contribution in [0.2, 0.25) is 5.02 Å². The number of hydrogen-bond acceptors (Lipinski definition) is 4. The maximum atomic E-state index is 11.4. The topological polar surface area (TPSA) is 55.6 Å². The molecule has 0 aromatic heterocycles. The highest BCUT2D eigenvalue weighted by molar-refractivity contribution is 6.30. The van der Waals surface area contributed by atoms with Crippen LogP contribution in [0.25, 0.3) is 0 Å². The SMILES string of the molecule is COC(=O)CN1CC(N)CC(c2ccc(Cl)cc2)C1. The van der Waals surface area contributed by atoms with Gasteiger partial charge in [0.1, 0.15) is 0 Å². The Labute approximate surface area is 118 Å². The molecule has 1 saturated heterocycles. The first-order chi connectivity index (χ1) is 9.08. The fraction of sp³-hybridized carbons (Fsp3) is 0.500. The summed E-state index contributed by atoms with van der Waals surface area (Å²) in [5.74, 6) is 0.120. The van der Waals surface area contributed by atoms with Crippen molar-refractivity contribution in [2.45, 2.75) is 18.4 Å². The highest BCUT2D eigenvalue weighted by Gasteiger charge is 2.27. The predicted molar refractivity (Wildman–Crippen MR) is 75.2 cm³/mol. The van der Waals surface area contributed by atoms with Crippen LogP contribution in [-0.4, -0.2) is 43.7 Å². The van der Waals surface area contributed by atoms with Crippen LogP contribution < -0.4 is 5.73 Å². The molecule has 0 radical (unpaired) electrons. The van der Waals surface area contributed by atoms with Gasteiger partial charge in [-0.25, -0.2) is 0 Å². The Balaban J connectivity index is 2.05. The number of nitrogens with zero attached hydrogens (tertiary/aromatic N) is 1. The number of halogens is 1. The molecule has 0 saturated carbocycles. The smallest absolute Gasteiger partial charge is 0.319 e. The molecule has 1 aromatic rings. The molecule has 19 heavy (non-hydrogen) atoms. The second-order valence-corrected chi connectivity index (χ2v) is 5.45. The van der Waals surface area contributed by atoms with Gasteiger partial charge in [-0.3, -0.25) is 9.69 Å². The molecule has 1 aliphatic heterocycles. The van der Waals surface area contributed by atoms with Crippen molar-refractivity contribution < 1.29 is 9.53 Å². The van der Waals surface area contributed by atoms with E-state index in [1.807, 2.05) is 24.3 Å². The summed E-state index contributed by atoms with van der Waals surface area (Å²) in [4.78, 5) is 13.4. The molecule has 1 fully saturated rings. The molecule has 0 bridgehead atoms. The van der Waals surface area contributed by atoms with E-state index in [1.54, 1.807) is 0 Å². The summed E-state index contributed by atoms with van der Waals surface area (Å²) < 4.78 is 4.71. The molecule has 1 aliphatic rings. The Morgan fingerprint density at radius 3 is 2.74 bits per heavy atom. The molecule has 2 N–H and O–H groups in total. The molecular formula is C14H19ClN2O2. The lowest BCUT2D eigenvalue weighted by Crippen LogP contribution is -2.48. The van der Waals surface area contributed by atoms with Crippen molar-refractivity contribution in [3.8, 4) is 0 Å². The minimum absolute atomic E-state index is 0.0825. The third-order valence-corrected chi connectivity index (χ3v) is 3.73. The monoisotopic (exact) mass is 282 g/mol. The van der Waals surface area contributed by atoms with Crippen molar-refractivity contribution in [1.29, 1.82) is 0 Å². The highest BCUT2D eigenvalue weighted by atomic mass is 35.5. The molecule has 5 heteroatoms. The van der Waals surface area contributed by atoms with Gasteiger partial charge in [0.05, 0.1) is 13.7 Å². The predicted octanol–water partition coefficient (Wildman–Crippen LogP) is 1.63. The van der Waals surface area contributed by atoms with Crippen LogP contribution in [0.4, 0.5) is 0 Å². The van der Waals surface area contributed by atoms with E-state index in [1.165, 1.54) is 12.7 Å². The van der Waals surface area contributed by atoms with E-state index in [-0.39, 0.29) is 12.0 Å². The molecule has 0 amide bonds. The first kappa shape index (κ1) is 14.3. The lowest BCUT2D eigenvalue weighted by Gasteiger charge is -2.35. The van der Waals surface area contributed by atoms with E-state index in [4.69, 9.17) is 22.1 Å². The number of carbonyl (C=O) groups excluding carboxylic acids is 1. The lowest BCUT2D eigenvalue weighted by molar-refractivity contribution is -0.142. The second-order valence-electron chi connectivity index (χ2n) is 5.01. The fourth-order valence-electron chi connectivity index (χ4n) is 2.59. The summed E-state index contributed by atoms with van der Waals surface area (Å²) in [6.45, 7) is 1.86. The number of nitrogens with two attached hydrogens (primary N) is 1. The highest BCUT2D eigenvalue weighted by Crippen LogP contribution is 2.27. The first-order valence-electron chi connectivity index (χ1n) is 6.38. The van der Waals surface area contributed by atoms with Gasteiger partial charge < -0.3 is 10.5 Å². The quantitative estimate of drug-likeness (QED) is 0.856. The van der Waals surface area contributed by atoms with Gasteiger partial charge in [-0.2, -0.15) is 0 Å². The number of rotatable bonds is 3. The van der Waals surface area contributed by atoms with Crippen LogP contribution in [-0.2, 0) is 9.53 Å². The zero-order valence-corrected chi connectivity index (χ0v) is 11.8. The minimum Gasteiger partial charge on any atom is -0.468 e. The number of benzene rings is 1. The number of hydrogen-bond donors (Lipinski definition) is 1. The van der Waals surface area contributed by atoms with Gasteiger partial charge >= 0.3 is 5.97 Å². The average molecular weight is 283 g/mol. The average Bonchev–Trinajstić information content (AvgIpc) is 2.38. The molecule has 2 unspecified atom stereocenters. The molecule has 4 nitrogen and oxygen atoms in total. The van der Waals surface area contributed by atoms with Crippen molar-refractivity contribution in [1.82, 2.24) is 4.90 Å². The number of carbonyl (C=O) groups is 1. The van der Waals surface area contributed by atoms with Gasteiger partial charge in [-0.1, -0.05) is 23.7 Å². The summed E-state index contributed by atoms with van der Waals surface area (Å²) in [6, 6.07) is 7.92. The lowest BCUT2D eigenvalue weighted by atomic mass is 9.88. The van der Waals surface area contributed by atoms with Crippen molar-refractivity contribution >= 4 is 17.6 Å². The van der Waals surface area contributed by atoms with Crippen LogP contribution in [0, 0.1) is 0 Å². The fourth-order valence-corrected chi connectivity index (χ4v) is 2.71. The van der Waals surface area contributed by atoms with E-state index >= 15 is 0 Å². The number of methoxy groups -OCH3 is 1. The van der Waals surface area contributed by atoms with Gasteiger partial charge in [-0.05, 0) is 30.0 Å². The van der Waals surface area contributed by atoms with Crippen molar-refractivity contribution in [3.05, 3.63) is 34.9 Å². The second kappa shape index (κ2) is 6.37. The number of esters is 1. The van der Waals surface area contributed by atoms with Gasteiger partial charge in [0.2, 0.25) is 0 Å². The Kier molecular flexibility index (Phi) is 4.80. The summed E-state index contributed by atoms with van der Waals surface area (Å²) in [7, 11) is 1.41. The largest absolute Gasteiger partial charge is 0.468 e. The number of piperidine rings is 1. The normalized spacial score (nSPS) is 24.2. The van der Waals surface area contributed by atoms with E-state index < -0.39 is 0 Å². The maximum absolute atomic E-state index is 11.4. The molecule has 1 heterocycles. The van der Waals surface area contributed by atoms with Gasteiger partial charge in [-0.15, -0.1) is 0 Å². The van der Waals surface area contributed by atoms with Gasteiger partial charge in [0.25, 0.3) is 0 Å². The Bertz CT molecular complexity index is 436. The van der Waals surface area contributed by atoms with Crippen molar-refractivity contribution in [3.63, 3.8) is 0 Å². The first-order valence-corrected chi connectivity index (χ1v) is 6.76. The van der Waals surface area contributed by atoms with Gasteiger partial charge in [0, 0.05) is 24.2 Å². The molecule has 1 aromatic carbocycles. The summed E-state index contributed by atoms with van der Waals surface area (Å²) >= 11 is 5.90. The van der Waals surface area contributed by atoms with Crippen molar-refractivity contribution in [2.75, 3.05) is 26.7 Å². The molecule has 104 valence electrons. The standard InChI is InChI=1S/C14H19ClN2O2/c1-19-14(18)9-17-7-11(6-13(16)8-17)10-2-4-12(15)5-3-10/h2-5,11,13H,6-9,16H2,1H3. The van der Waals surface area contributed by atoms with E-state index in [9.17, 15) is 4.79 Å². The molecule has 0 aliphatic carbocycles. The summed E-state index contributed by atoms with van der Waals surface area (Å²) in [6.07, 6.45) is 0.930. The summed E-state index contributed by atoms with van der Waals surface area (Å²) in [5.41, 5.74) is 7.30. The van der Waals surface area contributed by atoms with Crippen molar-refractivity contribution in [2.24, 2.45) is 5.73 Å². The van der Waals surface area contributed by atoms with Crippen LogP contribution in [0.3, 0.4) is 0 Å². The van der Waals surface area contributed by atoms with Crippen LogP contribution in [0.15, 0.2) is 24.3 Å². The van der Waals surface area contributed by atoms with Crippen LogP contribution >= 0.6 is 11.6 Å². The Morgan fingerprint density at radius 2 is 2.11 bits per heavy atom. The molecular weight excluding hydrogens is 264 g/mol. The number of ether oxygens (including phenoxy) is 1. The van der Waals surface area contributed by atoms with E-state index in [0.717, 1.165) is 24.5 Å². The molecule has 0 spiro atoms. The van der Waals surface area contributed by atoms with Gasteiger partial charge in [0.15, 0.2) is 0 Å². The van der Waals surface area contributed by atoms with Crippen LogP contribution in [0.5, 0.6) is 0 Å². The molecule has 2 atom stereocenters. The van der Waals surface area contributed by atoms with Crippen LogP contribution in [0.1, 0.15) is 17.9 Å². The number of likely N-dealkylation sites (tertiary alicyclic amines) is 1.